The van der Waals surface area contributed by atoms with Crippen molar-refractivity contribution >= 4 is 45.8 Å². The monoisotopic (exact) mass is 384 g/mol. The molecule has 3 aromatic rings. The first-order chi connectivity index (χ1) is 12.5. The Kier molecular flexibility index (Phi) is 4.23. The number of benzene rings is 2. The fourth-order valence-corrected chi connectivity index (χ4v) is 4.18. The Morgan fingerprint density at radius 3 is 2.88 bits per heavy atom. The smallest absolute Gasteiger partial charge is 0.101 e. The van der Waals surface area contributed by atoms with Crippen molar-refractivity contribution in [3.63, 3.8) is 0 Å². The first-order valence-electron chi connectivity index (χ1n) is 8.17. The molecule has 0 radical (unpaired) electrons. The fourth-order valence-electron chi connectivity index (χ4n) is 3.20. The van der Waals surface area contributed by atoms with Gasteiger partial charge in [-0.05, 0) is 49.2 Å². The van der Waals surface area contributed by atoms with Gasteiger partial charge in [0.1, 0.15) is 6.07 Å². The van der Waals surface area contributed by atoms with Crippen LogP contribution < -0.4 is 9.62 Å². The lowest BCUT2D eigenvalue weighted by Gasteiger charge is -2.45. The summed E-state index contributed by atoms with van der Waals surface area (Å²) in [6.07, 6.45) is 1.67. The molecule has 1 aliphatic rings. The maximum atomic E-state index is 9.92. The maximum absolute atomic E-state index is 9.92. The van der Waals surface area contributed by atoms with Gasteiger partial charge in [0.25, 0.3) is 0 Å². The maximum Gasteiger partial charge on any atom is 0.101 e. The molecule has 0 unspecified atom stereocenters. The number of H-pyrrole nitrogens is 1. The van der Waals surface area contributed by atoms with Gasteiger partial charge in [-0.2, -0.15) is 5.26 Å². The molecule has 1 saturated heterocycles. The number of β-amino-alcohol motifs (C(OH)–C–C–N with tert-alkyl or cyclic N) is 1. The Hall–Kier alpha value is -2.33. The highest BCUT2D eigenvalue weighted by atomic mass is 35.5. The molecule has 0 amide bonds. The highest BCUT2D eigenvalue weighted by Crippen LogP contribution is 2.35. The molecule has 1 aromatic heterocycles. The number of hydrogen-bond donors (Lipinski definition) is 3. The lowest BCUT2D eigenvalue weighted by atomic mass is 9.96. The van der Waals surface area contributed by atoms with E-state index in [1.807, 2.05) is 31.2 Å². The lowest BCUT2D eigenvalue weighted by molar-refractivity contribution is 0.0310. The summed E-state index contributed by atoms with van der Waals surface area (Å²) in [6.45, 7) is 3.14. The van der Waals surface area contributed by atoms with Crippen molar-refractivity contribution in [2.45, 2.75) is 17.4 Å². The van der Waals surface area contributed by atoms with Crippen LogP contribution in [-0.2, 0) is 0 Å². The molecule has 7 heteroatoms. The zero-order valence-corrected chi connectivity index (χ0v) is 15.7. The van der Waals surface area contributed by atoms with E-state index in [9.17, 15) is 10.4 Å². The molecule has 0 aliphatic carbocycles. The predicted molar refractivity (Wildman–Crippen MR) is 107 cm³/mol. The van der Waals surface area contributed by atoms with Crippen LogP contribution in [0, 0.1) is 11.3 Å². The minimum Gasteiger partial charge on any atom is -0.386 e. The topological polar surface area (TPSA) is 75.1 Å². The molecule has 2 heterocycles. The van der Waals surface area contributed by atoms with Crippen molar-refractivity contribution in [1.82, 2.24) is 4.98 Å². The molecule has 132 valence electrons. The Bertz CT molecular complexity index is 1020. The van der Waals surface area contributed by atoms with Crippen molar-refractivity contribution in [1.29, 1.82) is 5.26 Å². The molecule has 1 fully saturated rings. The van der Waals surface area contributed by atoms with Gasteiger partial charge in [-0.25, -0.2) is 0 Å². The second-order valence-corrected chi connectivity index (χ2v) is 8.00. The van der Waals surface area contributed by atoms with Crippen LogP contribution >= 0.6 is 23.5 Å². The largest absolute Gasteiger partial charge is 0.386 e. The molecule has 0 saturated carbocycles. The van der Waals surface area contributed by atoms with Gasteiger partial charge in [-0.1, -0.05) is 17.7 Å². The summed E-state index contributed by atoms with van der Waals surface area (Å²) in [7, 11) is 0. The number of nitrogens with zero attached hydrogens (tertiary/aromatic N) is 2. The molecule has 0 spiro atoms. The van der Waals surface area contributed by atoms with Crippen molar-refractivity contribution < 1.29 is 5.11 Å². The number of nitriles is 1. The van der Waals surface area contributed by atoms with E-state index in [1.165, 1.54) is 11.9 Å². The van der Waals surface area contributed by atoms with Crippen LogP contribution in [0.1, 0.15) is 12.5 Å². The molecule has 1 aliphatic heterocycles. The lowest BCUT2D eigenvalue weighted by Crippen LogP contribution is -2.60. The third-order valence-corrected chi connectivity index (χ3v) is 5.56. The van der Waals surface area contributed by atoms with Crippen LogP contribution in [0.3, 0.4) is 0 Å². The van der Waals surface area contributed by atoms with Gasteiger partial charge in [0.05, 0.1) is 27.4 Å². The van der Waals surface area contributed by atoms with Crippen LogP contribution in [0.25, 0.3) is 10.9 Å². The minimum absolute atomic E-state index is 0.533. The number of halogens is 1. The molecule has 3 N–H and O–H groups in total. The number of rotatable bonds is 4. The zero-order chi connectivity index (χ0) is 18.3. The molecule has 0 bridgehead atoms. The summed E-state index contributed by atoms with van der Waals surface area (Å²) >= 11 is 7.73. The Labute approximate surface area is 160 Å². The van der Waals surface area contributed by atoms with Gasteiger partial charge >= 0.3 is 0 Å². The van der Waals surface area contributed by atoms with E-state index in [-0.39, 0.29) is 0 Å². The number of nitrogens with one attached hydrogen (secondary N) is 2. The summed E-state index contributed by atoms with van der Waals surface area (Å²) in [5.74, 6) is 0. The normalized spacial score (nSPS) is 15.5. The number of anilines is 2. The van der Waals surface area contributed by atoms with Crippen LogP contribution in [0.5, 0.6) is 0 Å². The van der Waals surface area contributed by atoms with Crippen molar-refractivity contribution in [3.8, 4) is 6.07 Å². The highest BCUT2D eigenvalue weighted by molar-refractivity contribution is 8.00. The molecule has 26 heavy (non-hydrogen) atoms. The molecule has 5 nitrogen and oxygen atoms in total. The number of aliphatic hydroxyl groups is 1. The van der Waals surface area contributed by atoms with Crippen LogP contribution in [0.4, 0.5) is 11.4 Å². The summed E-state index contributed by atoms with van der Waals surface area (Å²) in [5, 5.41) is 20.4. The van der Waals surface area contributed by atoms with E-state index in [0.717, 1.165) is 27.2 Å². The van der Waals surface area contributed by atoms with Gasteiger partial charge in [0, 0.05) is 35.3 Å². The Morgan fingerprint density at radius 1 is 1.35 bits per heavy atom. The third-order valence-electron chi connectivity index (χ3n) is 4.43. The average Bonchev–Trinajstić information content (AvgIpc) is 3.04. The van der Waals surface area contributed by atoms with E-state index in [0.29, 0.717) is 23.7 Å². The third kappa shape index (κ3) is 3.10. The summed E-state index contributed by atoms with van der Waals surface area (Å²) < 4.78 is 3.34. The quantitative estimate of drug-likeness (QED) is 0.582. The summed E-state index contributed by atoms with van der Waals surface area (Å²) in [4.78, 5) is 6.33. The predicted octanol–water partition coefficient (Wildman–Crippen LogP) is 4.38. The summed E-state index contributed by atoms with van der Waals surface area (Å²) in [6, 6.07) is 14.0. The van der Waals surface area contributed by atoms with Crippen LogP contribution in [0.15, 0.2) is 47.5 Å². The van der Waals surface area contributed by atoms with Crippen LogP contribution in [0.2, 0.25) is 5.02 Å². The number of hydrogen-bond acceptors (Lipinski definition) is 5. The number of aromatic amines is 1. The van der Waals surface area contributed by atoms with E-state index >= 15 is 0 Å². The van der Waals surface area contributed by atoms with E-state index in [4.69, 9.17) is 11.6 Å². The van der Waals surface area contributed by atoms with E-state index < -0.39 is 5.60 Å². The van der Waals surface area contributed by atoms with Gasteiger partial charge in [0.15, 0.2) is 0 Å². The first kappa shape index (κ1) is 17.1. The van der Waals surface area contributed by atoms with Crippen LogP contribution in [-0.4, -0.2) is 28.8 Å². The van der Waals surface area contributed by atoms with E-state index in [1.54, 1.807) is 12.3 Å². The Morgan fingerprint density at radius 2 is 2.15 bits per heavy atom. The Balaban J connectivity index is 1.53. The van der Waals surface area contributed by atoms with Gasteiger partial charge in [-0.3, -0.25) is 0 Å². The second-order valence-electron chi connectivity index (χ2n) is 6.71. The molecule has 4 rings (SSSR count). The van der Waals surface area contributed by atoms with Crippen molar-refractivity contribution in [2.75, 3.05) is 22.7 Å². The molecule has 2 aromatic carbocycles. The number of fused-ring (bicyclic) bond motifs is 1. The molecular formula is C19H17ClN4OS. The minimum atomic E-state index is -0.595. The SMILES string of the molecule is CC1(O)CN(c2cccc(SNc3ccc(Cl)c4c(C#N)c[nH]c34)c2)C1. The number of aromatic nitrogens is 1. The average molecular weight is 385 g/mol. The highest BCUT2D eigenvalue weighted by Gasteiger charge is 2.36. The van der Waals surface area contributed by atoms with Gasteiger partial charge in [-0.15, -0.1) is 0 Å². The van der Waals surface area contributed by atoms with E-state index in [2.05, 4.69) is 26.7 Å². The molecule has 0 atom stereocenters. The fraction of sp³-hybridized carbons (Fsp3) is 0.211. The van der Waals surface area contributed by atoms with Crippen molar-refractivity contribution in [2.24, 2.45) is 0 Å². The zero-order valence-electron chi connectivity index (χ0n) is 14.1. The molecular weight excluding hydrogens is 368 g/mol. The first-order valence-corrected chi connectivity index (χ1v) is 9.36. The van der Waals surface area contributed by atoms with Gasteiger partial charge in [0.2, 0.25) is 0 Å². The standard InChI is InChI=1S/C19H17ClN4OS/c1-19(25)10-24(11-19)13-3-2-4-14(7-13)26-23-16-6-5-15(20)17-12(8-21)9-22-18(16)17/h2-7,9,22-23,25H,10-11H2,1H3. The summed E-state index contributed by atoms with van der Waals surface area (Å²) in [5.41, 5.74) is 2.72. The second kappa shape index (κ2) is 6.44. The van der Waals surface area contributed by atoms with Gasteiger partial charge < -0.3 is 19.7 Å². The van der Waals surface area contributed by atoms with Crippen molar-refractivity contribution in [3.05, 3.63) is 53.2 Å².